The number of hydrogen-bond acceptors (Lipinski definition) is 5. The van der Waals surface area contributed by atoms with Crippen LogP contribution in [0.1, 0.15) is 17.3 Å². The minimum absolute atomic E-state index is 0.135. The van der Waals surface area contributed by atoms with Crippen molar-refractivity contribution in [1.82, 2.24) is 14.9 Å². The standard InChI is InChI=1S/C25H25N3O4/c1-26-25(30)32-17-23(29)24(18-7-3-2-4-8-18)28-14-12-19-15-21(10-11-22(19)28)31-16-20-9-5-6-13-27-20/h2-15,23-24,29H,16-17H2,1H3,(H,26,30)/t23-,24-/m0/s1. The Balaban J connectivity index is 1.60. The Morgan fingerprint density at radius 2 is 1.91 bits per heavy atom. The zero-order chi connectivity index (χ0) is 22.3. The first-order valence-corrected chi connectivity index (χ1v) is 10.4. The number of benzene rings is 2. The molecule has 0 aliphatic rings. The third-order valence-electron chi connectivity index (χ3n) is 5.20. The smallest absolute Gasteiger partial charge is 0.406 e. The van der Waals surface area contributed by atoms with E-state index in [0.717, 1.165) is 27.9 Å². The molecule has 7 heteroatoms. The van der Waals surface area contributed by atoms with Gasteiger partial charge in [0.25, 0.3) is 0 Å². The average Bonchev–Trinajstić information content (AvgIpc) is 3.25. The highest BCUT2D eigenvalue weighted by atomic mass is 16.6. The fourth-order valence-corrected chi connectivity index (χ4v) is 3.66. The van der Waals surface area contributed by atoms with Crippen molar-refractivity contribution >= 4 is 17.0 Å². The number of fused-ring (bicyclic) bond motifs is 1. The van der Waals surface area contributed by atoms with Crippen LogP contribution in [0.25, 0.3) is 10.9 Å². The molecule has 0 aliphatic carbocycles. The van der Waals surface area contributed by atoms with Gasteiger partial charge in [-0.1, -0.05) is 36.4 Å². The van der Waals surface area contributed by atoms with Crippen LogP contribution in [-0.2, 0) is 11.3 Å². The monoisotopic (exact) mass is 431 g/mol. The molecule has 0 spiro atoms. The molecule has 7 nitrogen and oxygen atoms in total. The minimum Gasteiger partial charge on any atom is -0.487 e. The van der Waals surface area contributed by atoms with Crippen molar-refractivity contribution in [2.24, 2.45) is 0 Å². The summed E-state index contributed by atoms with van der Waals surface area (Å²) in [5, 5.41) is 14.3. The predicted octanol–water partition coefficient (Wildman–Crippen LogP) is 3.92. The molecule has 2 atom stereocenters. The second-order valence-electron chi connectivity index (χ2n) is 7.32. The van der Waals surface area contributed by atoms with E-state index in [2.05, 4.69) is 10.3 Å². The SMILES string of the molecule is CNC(=O)OC[C@H](O)[C@H](c1ccccc1)n1ccc2cc(OCc3ccccn3)ccc21. The topological polar surface area (TPSA) is 85.6 Å². The lowest BCUT2D eigenvalue weighted by Crippen LogP contribution is -2.32. The Labute approximate surface area is 186 Å². The lowest BCUT2D eigenvalue weighted by molar-refractivity contribution is 0.0477. The summed E-state index contributed by atoms with van der Waals surface area (Å²) in [6.07, 6.45) is 2.15. The molecule has 32 heavy (non-hydrogen) atoms. The Hall–Kier alpha value is -3.84. The highest BCUT2D eigenvalue weighted by Crippen LogP contribution is 2.30. The molecule has 2 N–H and O–H groups in total. The number of pyridine rings is 1. The van der Waals surface area contributed by atoms with E-state index in [1.165, 1.54) is 7.05 Å². The van der Waals surface area contributed by atoms with E-state index in [1.54, 1.807) is 6.20 Å². The molecule has 0 bridgehead atoms. The van der Waals surface area contributed by atoms with Gasteiger partial charge in [-0.2, -0.15) is 0 Å². The maximum atomic E-state index is 11.5. The molecule has 4 rings (SSSR count). The van der Waals surface area contributed by atoms with Crippen LogP contribution in [0.2, 0.25) is 0 Å². The van der Waals surface area contributed by atoms with Crippen LogP contribution in [0, 0.1) is 0 Å². The van der Waals surface area contributed by atoms with Crippen molar-refractivity contribution in [2.45, 2.75) is 18.8 Å². The van der Waals surface area contributed by atoms with E-state index < -0.39 is 18.2 Å². The van der Waals surface area contributed by atoms with Crippen LogP contribution in [0.4, 0.5) is 4.79 Å². The molecule has 0 saturated heterocycles. The van der Waals surface area contributed by atoms with Crippen molar-refractivity contribution in [3.05, 3.63) is 96.4 Å². The Morgan fingerprint density at radius 3 is 2.66 bits per heavy atom. The summed E-state index contributed by atoms with van der Waals surface area (Å²) in [6.45, 7) is 0.249. The Morgan fingerprint density at radius 1 is 1.09 bits per heavy atom. The first kappa shape index (κ1) is 21.4. The van der Waals surface area contributed by atoms with Crippen molar-refractivity contribution < 1.29 is 19.4 Å². The molecule has 2 heterocycles. The minimum atomic E-state index is -0.939. The van der Waals surface area contributed by atoms with Crippen molar-refractivity contribution in [3.63, 3.8) is 0 Å². The summed E-state index contributed by atoms with van der Waals surface area (Å²) in [5.41, 5.74) is 2.70. The van der Waals surface area contributed by atoms with Crippen LogP contribution in [0.3, 0.4) is 0 Å². The lowest BCUT2D eigenvalue weighted by atomic mass is 10.0. The molecule has 4 aromatic rings. The van der Waals surface area contributed by atoms with Crippen LogP contribution in [0.15, 0.2) is 85.2 Å². The normalized spacial score (nSPS) is 12.8. The molecule has 0 radical (unpaired) electrons. The predicted molar refractivity (Wildman–Crippen MR) is 122 cm³/mol. The van der Waals surface area contributed by atoms with Gasteiger partial charge in [0.2, 0.25) is 0 Å². The number of carbonyl (C=O) groups excluding carboxylic acids is 1. The van der Waals surface area contributed by atoms with Crippen LogP contribution in [0.5, 0.6) is 5.75 Å². The van der Waals surface area contributed by atoms with Crippen molar-refractivity contribution in [3.8, 4) is 5.75 Å². The second-order valence-corrected chi connectivity index (χ2v) is 7.32. The number of amides is 1. The van der Waals surface area contributed by atoms with Crippen LogP contribution < -0.4 is 10.1 Å². The van der Waals surface area contributed by atoms with Crippen LogP contribution >= 0.6 is 0 Å². The van der Waals surface area contributed by atoms with Gasteiger partial charge in [0.15, 0.2) is 0 Å². The van der Waals surface area contributed by atoms with Gasteiger partial charge in [0, 0.05) is 30.3 Å². The molecule has 2 aromatic heterocycles. The fraction of sp³-hybridized carbons (Fsp3) is 0.200. The van der Waals surface area contributed by atoms with Crippen molar-refractivity contribution in [1.29, 1.82) is 0 Å². The zero-order valence-corrected chi connectivity index (χ0v) is 17.7. The number of aliphatic hydroxyl groups is 1. The second kappa shape index (κ2) is 9.98. The fourth-order valence-electron chi connectivity index (χ4n) is 3.66. The van der Waals surface area contributed by atoms with Crippen molar-refractivity contribution in [2.75, 3.05) is 13.7 Å². The van der Waals surface area contributed by atoms with Gasteiger partial charge in [0.05, 0.1) is 11.7 Å². The molecule has 1 amide bonds. The summed E-state index contributed by atoms with van der Waals surface area (Å²) in [6, 6.07) is 22.8. The number of aliphatic hydroxyl groups excluding tert-OH is 1. The quantitative estimate of drug-likeness (QED) is 0.442. The first-order valence-electron chi connectivity index (χ1n) is 10.4. The summed E-state index contributed by atoms with van der Waals surface area (Å²) < 4.78 is 13.0. The summed E-state index contributed by atoms with van der Waals surface area (Å²) in [4.78, 5) is 15.8. The molecule has 164 valence electrons. The largest absolute Gasteiger partial charge is 0.487 e. The molecule has 0 saturated carbocycles. The zero-order valence-electron chi connectivity index (χ0n) is 17.7. The number of aromatic nitrogens is 2. The average molecular weight is 431 g/mol. The number of ether oxygens (including phenoxy) is 2. The summed E-state index contributed by atoms with van der Waals surface area (Å²) in [5.74, 6) is 0.737. The number of hydrogen-bond donors (Lipinski definition) is 2. The number of carbonyl (C=O) groups is 1. The number of nitrogens with one attached hydrogen (secondary N) is 1. The summed E-state index contributed by atoms with van der Waals surface area (Å²) >= 11 is 0. The van der Waals surface area contributed by atoms with E-state index in [4.69, 9.17) is 9.47 Å². The van der Waals surface area contributed by atoms with E-state index in [0.29, 0.717) is 6.61 Å². The van der Waals surface area contributed by atoms with Gasteiger partial charge in [-0.3, -0.25) is 4.98 Å². The molecular formula is C25H25N3O4. The Bertz CT molecular complexity index is 1160. The van der Waals surface area contributed by atoms with Gasteiger partial charge < -0.3 is 24.5 Å². The van der Waals surface area contributed by atoms with Crippen LogP contribution in [-0.4, -0.2) is 40.5 Å². The molecule has 0 unspecified atom stereocenters. The highest BCUT2D eigenvalue weighted by Gasteiger charge is 2.25. The number of alkyl carbamates (subject to hydrolysis) is 1. The van der Waals surface area contributed by atoms with E-state index >= 15 is 0 Å². The number of nitrogens with zero attached hydrogens (tertiary/aromatic N) is 2. The van der Waals surface area contributed by atoms with E-state index in [1.807, 2.05) is 83.6 Å². The Kier molecular flexibility index (Phi) is 6.67. The number of rotatable bonds is 8. The van der Waals surface area contributed by atoms with Gasteiger partial charge in [-0.05, 0) is 42.0 Å². The van der Waals surface area contributed by atoms with E-state index in [9.17, 15) is 9.90 Å². The van der Waals surface area contributed by atoms with Gasteiger partial charge in [-0.15, -0.1) is 0 Å². The maximum Gasteiger partial charge on any atom is 0.406 e. The highest BCUT2D eigenvalue weighted by molar-refractivity contribution is 5.82. The molecule has 2 aromatic carbocycles. The van der Waals surface area contributed by atoms with E-state index in [-0.39, 0.29) is 6.61 Å². The first-order chi connectivity index (χ1) is 15.7. The maximum absolute atomic E-state index is 11.5. The summed E-state index contributed by atoms with van der Waals surface area (Å²) in [7, 11) is 1.48. The lowest BCUT2D eigenvalue weighted by Gasteiger charge is -2.26. The van der Waals surface area contributed by atoms with Gasteiger partial charge in [0.1, 0.15) is 25.1 Å². The van der Waals surface area contributed by atoms with Gasteiger partial charge >= 0.3 is 6.09 Å². The molecule has 0 aliphatic heterocycles. The third kappa shape index (κ3) is 4.90. The van der Waals surface area contributed by atoms with Gasteiger partial charge in [-0.25, -0.2) is 4.79 Å². The molecular weight excluding hydrogens is 406 g/mol. The molecule has 0 fully saturated rings. The third-order valence-corrected chi connectivity index (χ3v) is 5.20.